The van der Waals surface area contributed by atoms with E-state index in [0.29, 0.717) is 5.57 Å². The van der Waals surface area contributed by atoms with Crippen LogP contribution in [-0.2, 0) is 9.53 Å². The smallest absolute Gasteiger partial charge is 0.333 e. The highest BCUT2D eigenvalue weighted by molar-refractivity contribution is 5.86. The molecule has 0 heterocycles. The van der Waals surface area contributed by atoms with E-state index in [2.05, 4.69) is 11.3 Å². The molecule has 0 fully saturated rings. The van der Waals surface area contributed by atoms with E-state index in [1.54, 1.807) is 6.92 Å². The molecule has 0 aromatic rings. The summed E-state index contributed by atoms with van der Waals surface area (Å²) in [6, 6.07) is 0. The number of carbonyl (C=O) groups is 1. The van der Waals surface area contributed by atoms with Crippen LogP contribution in [0.3, 0.4) is 0 Å². The van der Waals surface area contributed by atoms with Crippen LogP contribution >= 0.6 is 0 Å². The number of hydrogen-bond acceptors (Lipinski definition) is 5. The van der Waals surface area contributed by atoms with E-state index in [-0.39, 0.29) is 13.2 Å². The molecule has 0 aliphatic carbocycles. The first-order chi connectivity index (χ1) is 5.59. The van der Waals surface area contributed by atoms with Crippen LogP contribution in [0.25, 0.3) is 0 Å². The summed E-state index contributed by atoms with van der Waals surface area (Å²) in [6.45, 7) is 4.81. The molecule has 0 saturated carbocycles. The van der Waals surface area contributed by atoms with Gasteiger partial charge in [0.1, 0.15) is 6.61 Å². The minimum atomic E-state index is -0.455. The summed E-state index contributed by atoms with van der Waals surface area (Å²) >= 11 is 0. The number of ether oxygens (including phenoxy) is 1. The molecule has 0 aromatic carbocycles. The van der Waals surface area contributed by atoms with Crippen molar-refractivity contribution in [2.45, 2.75) is 6.92 Å². The van der Waals surface area contributed by atoms with E-state index in [1.165, 1.54) is 0 Å². The Labute approximate surface area is 70.5 Å². The molecule has 68 valence electrons. The zero-order valence-electron chi connectivity index (χ0n) is 6.78. The van der Waals surface area contributed by atoms with Crippen LogP contribution in [0.15, 0.2) is 12.2 Å². The lowest BCUT2D eigenvalue weighted by Gasteiger charge is -1.99. The molecule has 0 radical (unpaired) electrons. The first kappa shape index (κ1) is 13.1. The third-order valence-corrected chi connectivity index (χ3v) is 0.673. The standard InChI is InChI=1S/C6H10O3.CHNO/c1-5(2)6(8)9-4-3-7;2-1-3/h7H,1,3-4H2,2H3;3H. The number of rotatable bonds is 3. The van der Waals surface area contributed by atoms with Gasteiger partial charge < -0.3 is 14.9 Å². The Balaban J connectivity index is 0. The molecular formula is C7H11NO4. The summed E-state index contributed by atoms with van der Waals surface area (Å²) in [4.78, 5) is 10.5. The number of carbonyl (C=O) groups excluding carboxylic acids is 1. The normalized spacial score (nSPS) is 7.08. The van der Waals surface area contributed by atoms with E-state index in [9.17, 15) is 4.79 Å². The molecule has 0 spiro atoms. The SMILES string of the molecule is C=C(C)C(=O)OCCO.N#CO. The van der Waals surface area contributed by atoms with Crippen LogP contribution in [0.5, 0.6) is 0 Å². The topological polar surface area (TPSA) is 90.5 Å². The van der Waals surface area contributed by atoms with Crippen molar-refractivity contribution in [3.63, 3.8) is 0 Å². The molecule has 12 heavy (non-hydrogen) atoms. The van der Waals surface area contributed by atoms with E-state index in [0.717, 1.165) is 6.26 Å². The average Bonchev–Trinajstić information content (AvgIpc) is 2.01. The maximum absolute atomic E-state index is 10.5. The van der Waals surface area contributed by atoms with Gasteiger partial charge in [-0.05, 0) is 6.92 Å². The van der Waals surface area contributed by atoms with Gasteiger partial charge in [-0.2, -0.15) is 5.26 Å². The van der Waals surface area contributed by atoms with Crippen molar-refractivity contribution in [3.05, 3.63) is 12.2 Å². The molecule has 0 aliphatic heterocycles. The van der Waals surface area contributed by atoms with Crippen molar-refractivity contribution in [1.29, 1.82) is 5.26 Å². The minimum absolute atomic E-state index is 0.0473. The lowest BCUT2D eigenvalue weighted by molar-refractivity contribution is -0.139. The molecule has 0 aromatic heterocycles. The van der Waals surface area contributed by atoms with Crippen molar-refractivity contribution < 1.29 is 19.7 Å². The van der Waals surface area contributed by atoms with Crippen molar-refractivity contribution in [2.75, 3.05) is 13.2 Å². The molecule has 0 saturated heterocycles. The second-order valence-corrected chi connectivity index (χ2v) is 1.74. The Kier molecular flexibility index (Phi) is 10.3. The highest BCUT2D eigenvalue weighted by atomic mass is 16.5. The Hall–Kier alpha value is -1.54. The van der Waals surface area contributed by atoms with Crippen LogP contribution in [0.1, 0.15) is 6.92 Å². The van der Waals surface area contributed by atoms with Crippen molar-refractivity contribution in [2.24, 2.45) is 0 Å². The fourth-order valence-electron chi connectivity index (χ4n) is 0.262. The molecule has 5 nitrogen and oxygen atoms in total. The third kappa shape index (κ3) is 11.3. The lowest BCUT2D eigenvalue weighted by atomic mass is 10.4. The molecule has 5 heteroatoms. The van der Waals surface area contributed by atoms with Gasteiger partial charge in [0, 0.05) is 5.57 Å². The van der Waals surface area contributed by atoms with Crippen LogP contribution in [0, 0.1) is 11.5 Å². The minimum Gasteiger partial charge on any atom is -0.460 e. The van der Waals surface area contributed by atoms with Gasteiger partial charge in [-0.1, -0.05) is 6.58 Å². The van der Waals surface area contributed by atoms with Gasteiger partial charge in [-0.3, -0.25) is 0 Å². The largest absolute Gasteiger partial charge is 0.460 e. The Morgan fingerprint density at radius 1 is 1.75 bits per heavy atom. The molecular weight excluding hydrogens is 162 g/mol. The first-order valence-electron chi connectivity index (χ1n) is 3.06. The Bertz CT molecular complexity index is 182. The second kappa shape index (κ2) is 9.46. The van der Waals surface area contributed by atoms with Gasteiger partial charge in [0.25, 0.3) is 6.26 Å². The van der Waals surface area contributed by atoms with Crippen LogP contribution < -0.4 is 0 Å². The zero-order chi connectivity index (χ0) is 9.98. The van der Waals surface area contributed by atoms with Gasteiger partial charge in [0.2, 0.25) is 0 Å². The number of nitriles is 1. The average molecular weight is 173 g/mol. The van der Waals surface area contributed by atoms with Crippen molar-refractivity contribution >= 4 is 5.97 Å². The highest BCUT2D eigenvalue weighted by Gasteiger charge is 1.99. The molecule has 0 aliphatic rings. The van der Waals surface area contributed by atoms with Gasteiger partial charge in [-0.15, -0.1) is 0 Å². The fraction of sp³-hybridized carbons (Fsp3) is 0.429. The van der Waals surface area contributed by atoms with Crippen LogP contribution in [0.4, 0.5) is 0 Å². The number of aliphatic hydroxyl groups is 2. The van der Waals surface area contributed by atoms with Crippen molar-refractivity contribution in [1.82, 2.24) is 0 Å². The molecule has 0 atom stereocenters. The van der Waals surface area contributed by atoms with E-state index in [4.69, 9.17) is 15.5 Å². The van der Waals surface area contributed by atoms with Crippen LogP contribution in [0.2, 0.25) is 0 Å². The summed E-state index contributed by atoms with van der Waals surface area (Å²) < 4.78 is 4.46. The number of nitrogens with zero attached hydrogens (tertiary/aromatic N) is 1. The summed E-state index contributed by atoms with van der Waals surface area (Å²) in [5.74, 6) is -0.455. The number of hydrogen-bond donors (Lipinski definition) is 2. The van der Waals surface area contributed by atoms with E-state index < -0.39 is 5.97 Å². The van der Waals surface area contributed by atoms with Crippen molar-refractivity contribution in [3.8, 4) is 6.26 Å². The van der Waals surface area contributed by atoms with Gasteiger partial charge in [-0.25, -0.2) is 4.79 Å². The quantitative estimate of drug-likeness (QED) is 0.354. The molecule has 0 rings (SSSR count). The number of esters is 1. The lowest BCUT2D eigenvalue weighted by Crippen LogP contribution is -2.08. The van der Waals surface area contributed by atoms with E-state index in [1.807, 2.05) is 0 Å². The Morgan fingerprint density at radius 2 is 2.17 bits per heavy atom. The maximum atomic E-state index is 10.5. The second-order valence-electron chi connectivity index (χ2n) is 1.74. The highest BCUT2D eigenvalue weighted by Crippen LogP contribution is 1.89. The summed E-state index contributed by atoms with van der Waals surface area (Å²) in [5.41, 5.74) is 0.350. The number of aliphatic hydroxyl groups excluding tert-OH is 2. The zero-order valence-corrected chi connectivity index (χ0v) is 6.78. The molecule has 0 bridgehead atoms. The Morgan fingerprint density at radius 3 is 2.42 bits per heavy atom. The van der Waals surface area contributed by atoms with Gasteiger partial charge in [0.05, 0.1) is 6.61 Å². The fourth-order valence-corrected chi connectivity index (χ4v) is 0.262. The molecule has 0 amide bonds. The third-order valence-electron chi connectivity index (χ3n) is 0.673. The molecule has 2 N–H and O–H groups in total. The predicted molar refractivity (Wildman–Crippen MR) is 40.4 cm³/mol. The summed E-state index contributed by atoms with van der Waals surface area (Å²) in [6.07, 6.45) is 0.750. The summed E-state index contributed by atoms with van der Waals surface area (Å²) in [7, 11) is 0. The van der Waals surface area contributed by atoms with Crippen LogP contribution in [-0.4, -0.2) is 29.4 Å². The summed E-state index contributed by atoms with van der Waals surface area (Å²) in [5, 5.41) is 21.9. The monoisotopic (exact) mass is 173 g/mol. The first-order valence-corrected chi connectivity index (χ1v) is 3.06. The predicted octanol–water partition coefficient (Wildman–Crippen LogP) is -0.0620. The maximum Gasteiger partial charge on any atom is 0.333 e. The molecule has 0 unspecified atom stereocenters. The van der Waals surface area contributed by atoms with Gasteiger partial charge >= 0.3 is 5.97 Å². The van der Waals surface area contributed by atoms with Gasteiger partial charge in [0.15, 0.2) is 0 Å². The van der Waals surface area contributed by atoms with E-state index >= 15 is 0 Å².